The van der Waals surface area contributed by atoms with Gasteiger partial charge in [0.25, 0.3) is 0 Å². The van der Waals surface area contributed by atoms with Gasteiger partial charge in [-0.2, -0.15) is 4.98 Å². The Morgan fingerprint density at radius 2 is 2.36 bits per heavy atom. The third-order valence-electron chi connectivity index (χ3n) is 1.10. The summed E-state index contributed by atoms with van der Waals surface area (Å²) in [6.07, 6.45) is 0. The molecule has 0 N–H and O–H groups in total. The number of esters is 1. The van der Waals surface area contributed by atoms with E-state index >= 15 is 0 Å². The zero-order chi connectivity index (χ0) is 8.43. The van der Waals surface area contributed by atoms with E-state index in [-0.39, 0.29) is 5.89 Å². The van der Waals surface area contributed by atoms with Gasteiger partial charge in [0.1, 0.15) is 9.46 Å². The topological polar surface area (TPSA) is 52.3 Å². The number of hydrogen-bond donors (Lipinski definition) is 0. The lowest BCUT2D eigenvalue weighted by Gasteiger charge is -1.88. The molecule has 0 bridgehead atoms. The van der Waals surface area contributed by atoms with Gasteiger partial charge < -0.3 is 9.15 Å². The first-order chi connectivity index (χ1) is 5.15. The van der Waals surface area contributed by atoms with E-state index < -0.39 is 5.97 Å². The number of ether oxygens (including phenoxy) is 1. The van der Waals surface area contributed by atoms with E-state index in [0.29, 0.717) is 9.46 Å². The zero-order valence-electron chi connectivity index (χ0n) is 6.05. The van der Waals surface area contributed by atoms with E-state index in [9.17, 15) is 4.79 Å². The SMILES string of the molecule is COC(=O)c1nc(I)c(C)o1. The normalized spacial score (nSPS) is 9.73. The van der Waals surface area contributed by atoms with Gasteiger partial charge in [-0.05, 0) is 29.5 Å². The van der Waals surface area contributed by atoms with Crippen LogP contribution in [0.25, 0.3) is 0 Å². The first kappa shape index (κ1) is 8.51. The minimum Gasteiger partial charge on any atom is -0.462 e. The zero-order valence-corrected chi connectivity index (χ0v) is 8.21. The van der Waals surface area contributed by atoms with Crippen molar-refractivity contribution in [3.05, 3.63) is 15.4 Å². The van der Waals surface area contributed by atoms with E-state index in [4.69, 9.17) is 4.42 Å². The van der Waals surface area contributed by atoms with Crippen LogP contribution in [0.2, 0.25) is 0 Å². The van der Waals surface area contributed by atoms with Crippen molar-refractivity contribution in [1.29, 1.82) is 0 Å². The smallest absolute Gasteiger partial charge is 0.394 e. The van der Waals surface area contributed by atoms with Gasteiger partial charge in [-0.3, -0.25) is 0 Å². The molecule has 0 aliphatic carbocycles. The monoisotopic (exact) mass is 267 g/mol. The molecule has 0 saturated carbocycles. The molecule has 0 fully saturated rings. The van der Waals surface area contributed by atoms with E-state index in [1.54, 1.807) is 6.92 Å². The summed E-state index contributed by atoms with van der Waals surface area (Å²) in [5.74, 6) is 0.0939. The molecule has 0 atom stereocenters. The minimum absolute atomic E-state index is 0.00870. The summed E-state index contributed by atoms with van der Waals surface area (Å²) in [7, 11) is 1.29. The van der Waals surface area contributed by atoms with Crippen molar-refractivity contribution >= 4 is 28.6 Å². The molecule has 5 heteroatoms. The Balaban J connectivity index is 2.97. The van der Waals surface area contributed by atoms with E-state index in [0.717, 1.165) is 0 Å². The molecule has 1 aromatic rings. The van der Waals surface area contributed by atoms with Crippen LogP contribution >= 0.6 is 22.6 Å². The second-order valence-corrected chi connectivity index (χ2v) is 2.88. The number of rotatable bonds is 1. The predicted molar refractivity (Wildman–Crippen MR) is 45.3 cm³/mol. The Bertz CT molecular complexity index is 262. The highest BCUT2D eigenvalue weighted by Gasteiger charge is 2.14. The molecule has 0 unspecified atom stereocenters. The van der Waals surface area contributed by atoms with Crippen molar-refractivity contribution in [3.8, 4) is 0 Å². The van der Waals surface area contributed by atoms with Crippen LogP contribution < -0.4 is 0 Å². The Kier molecular flexibility index (Phi) is 2.48. The molecule has 0 aliphatic rings. The Hall–Kier alpha value is -0.590. The minimum atomic E-state index is -0.545. The standard InChI is InChI=1S/C6H6INO3/c1-3-4(7)8-5(11-3)6(9)10-2/h1-2H3. The van der Waals surface area contributed by atoms with Crippen LogP contribution in [0.15, 0.2) is 4.42 Å². The van der Waals surface area contributed by atoms with Crippen LogP contribution in [-0.2, 0) is 4.74 Å². The maximum atomic E-state index is 10.8. The third kappa shape index (κ3) is 1.70. The molecule has 11 heavy (non-hydrogen) atoms. The summed E-state index contributed by atoms with van der Waals surface area (Å²) < 4.78 is 10.1. The number of halogens is 1. The van der Waals surface area contributed by atoms with Gasteiger partial charge in [-0.25, -0.2) is 4.79 Å². The number of methoxy groups -OCH3 is 1. The number of carbonyl (C=O) groups excluding carboxylic acids is 1. The highest BCUT2D eigenvalue weighted by molar-refractivity contribution is 14.1. The van der Waals surface area contributed by atoms with Crippen LogP contribution in [0.4, 0.5) is 0 Å². The molecule has 0 aliphatic heterocycles. The van der Waals surface area contributed by atoms with E-state index in [1.807, 2.05) is 22.6 Å². The fraction of sp³-hybridized carbons (Fsp3) is 0.333. The van der Waals surface area contributed by atoms with Crippen LogP contribution in [0.1, 0.15) is 16.4 Å². The summed E-state index contributed by atoms with van der Waals surface area (Å²) in [4.78, 5) is 14.6. The van der Waals surface area contributed by atoms with Crippen molar-refractivity contribution in [3.63, 3.8) is 0 Å². The lowest BCUT2D eigenvalue weighted by atomic mass is 10.6. The van der Waals surface area contributed by atoms with Gasteiger partial charge in [0.15, 0.2) is 0 Å². The molecule has 0 saturated heterocycles. The van der Waals surface area contributed by atoms with Crippen LogP contribution in [0, 0.1) is 10.6 Å². The second kappa shape index (κ2) is 3.21. The summed E-state index contributed by atoms with van der Waals surface area (Å²) in [5.41, 5.74) is 0. The average molecular weight is 267 g/mol. The quantitative estimate of drug-likeness (QED) is 0.569. The fourth-order valence-electron chi connectivity index (χ4n) is 0.552. The lowest BCUT2D eigenvalue weighted by Crippen LogP contribution is -2.00. The average Bonchev–Trinajstić information content (AvgIpc) is 2.31. The molecule has 1 rings (SSSR count). The van der Waals surface area contributed by atoms with Crippen molar-refractivity contribution in [1.82, 2.24) is 4.98 Å². The van der Waals surface area contributed by atoms with Gasteiger partial charge >= 0.3 is 11.9 Å². The third-order valence-corrected chi connectivity index (χ3v) is 2.10. The summed E-state index contributed by atoms with van der Waals surface area (Å²) >= 11 is 1.98. The molecule has 0 radical (unpaired) electrons. The van der Waals surface area contributed by atoms with Gasteiger partial charge in [0, 0.05) is 0 Å². The van der Waals surface area contributed by atoms with Crippen LogP contribution in [0.5, 0.6) is 0 Å². The molecule has 0 spiro atoms. The van der Waals surface area contributed by atoms with Crippen LogP contribution in [-0.4, -0.2) is 18.1 Å². The molecule has 0 aromatic carbocycles. The molecule has 4 nitrogen and oxygen atoms in total. The molecule has 0 amide bonds. The first-order valence-electron chi connectivity index (χ1n) is 2.86. The van der Waals surface area contributed by atoms with Gasteiger partial charge in [-0.15, -0.1) is 0 Å². The maximum Gasteiger partial charge on any atom is 0.394 e. The van der Waals surface area contributed by atoms with E-state index in [2.05, 4.69) is 9.72 Å². The Labute approximate surface area is 77.1 Å². The highest BCUT2D eigenvalue weighted by atomic mass is 127. The summed E-state index contributed by atoms with van der Waals surface area (Å²) in [6, 6.07) is 0. The Morgan fingerprint density at radius 3 is 2.73 bits per heavy atom. The number of nitrogens with zero attached hydrogens (tertiary/aromatic N) is 1. The number of carbonyl (C=O) groups is 1. The Morgan fingerprint density at radius 1 is 1.73 bits per heavy atom. The molecular formula is C6H6INO3. The van der Waals surface area contributed by atoms with Gasteiger partial charge in [0.05, 0.1) is 7.11 Å². The molecule has 1 aromatic heterocycles. The summed E-state index contributed by atoms with van der Waals surface area (Å²) in [6.45, 7) is 1.74. The highest BCUT2D eigenvalue weighted by Crippen LogP contribution is 2.12. The largest absolute Gasteiger partial charge is 0.462 e. The van der Waals surface area contributed by atoms with Gasteiger partial charge in [0.2, 0.25) is 0 Å². The second-order valence-electron chi connectivity index (χ2n) is 1.86. The first-order valence-corrected chi connectivity index (χ1v) is 3.94. The van der Waals surface area contributed by atoms with Gasteiger partial charge in [-0.1, -0.05) is 0 Å². The predicted octanol–water partition coefficient (Wildman–Crippen LogP) is 1.37. The van der Waals surface area contributed by atoms with E-state index in [1.165, 1.54) is 7.11 Å². The molecular weight excluding hydrogens is 261 g/mol. The lowest BCUT2D eigenvalue weighted by molar-refractivity contribution is 0.0554. The number of hydrogen-bond acceptors (Lipinski definition) is 4. The molecule has 60 valence electrons. The summed E-state index contributed by atoms with van der Waals surface area (Å²) in [5, 5.41) is 0. The van der Waals surface area contributed by atoms with Crippen molar-refractivity contribution < 1.29 is 13.9 Å². The number of oxazole rings is 1. The fourth-order valence-corrected chi connectivity index (χ4v) is 0.882. The number of aromatic nitrogens is 1. The number of aryl methyl sites for hydroxylation is 1. The molecule has 1 heterocycles. The van der Waals surface area contributed by atoms with Crippen molar-refractivity contribution in [2.24, 2.45) is 0 Å². The van der Waals surface area contributed by atoms with Crippen molar-refractivity contribution in [2.75, 3.05) is 7.11 Å². The van der Waals surface area contributed by atoms with Crippen LogP contribution in [0.3, 0.4) is 0 Å². The van der Waals surface area contributed by atoms with Crippen molar-refractivity contribution in [2.45, 2.75) is 6.92 Å². The maximum absolute atomic E-state index is 10.8.